The summed E-state index contributed by atoms with van der Waals surface area (Å²) in [6.07, 6.45) is 3.25. The lowest BCUT2D eigenvalue weighted by molar-refractivity contribution is 0.204. The molecule has 0 saturated heterocycles. The van der Waals surface area contributed by atoms with Crippen molar-refractivity contribution in [3.8, 4) is 0 Å². The Bertz CT molecular complexity index is 190. The normalized spacial score (nSPS) is 13.9. The van der Waals surface area contributed by atoms with Gasteiger partial charge in [0.05, 0.1) is 6.33 Å². The lowest BCUT2D eigenvalue weighted by Gasteiger charge is -1.91. The van der Waals surface area contributed by atoms with Crippen LogP contribution in [0.1, 0.15) is 13.3 Å². The molecule has 0 aliphatic rings. The summed E-state index contributed by atoms with van der Waals surface area (Å²) in [7, 11) is 0. The van der Waals surface area contributed by atoms with Gasteiger partial charge in [0, 0.05) is 0 Å². The molecule has 0 fully saturated rings. The molecule has 0 unspecified atom stereocenters. The van der Waals surface area contributed by atoms with E-state index in [4.69, 9.17) is 0 Å². The van der Waals surface area contributed by atoms with Gasteiger partial charge >= 0.3 is 0 Å². The van der Waals surface area contributed by atoms with Gasteiger partial charge in [-0.15, -0.1) is 0 Å². The van der Waals surface area contributed by atoms with Crippen molar-refractivity contribution >= 4 is 0 Å². The van der Waals surface area contributed by atoms with Crippen LogP contribution in [0, 0.1) is 0 Å². The Balaban J connectivity index is 4.11. The molecular formula is C9H11F3. The molecule has 0 saturated carbocycles. The predicted octanol–water partition coefficient (Wildman–Crippen LogP) is 3.63. The van der Waals surface area contributed by atoms with Crippen LogP contribution in [0.2, 0.25) is 0 Å². The highest BCUT2D eigenvalue weighted by Crippen LogP contribution is 2.03. The van der Waals surface area contributed by atoms with Crippen molar-refractivity contribution in [2.24, 2.45) is 0 Å². The van der Waals surface area contributed by atoms with E-state index in [1.807, 2.05) is 6.92 Å². The van der Waals surface area contributed by atoms with Crippen molar-refractivity contribution in [1.82, 2.24) is 0 Å². The molecule has 0 atom stereocenters. The Morgan fingerprint density at radius 2 is 2.08 bits per heavy atom. The third-order valence-electron chi connectivity index (χ3n) is 1.25. The van der Waals surface area contributed by atoms with Crippen LogP contribution in [-0.4, -0.2) is 6.43 Å². The Morgan fingerprint density at radius 1 is 1.42 bits per heavy atom. The summed E-state index contributed by atoms with van der Waals surface area (Å²) in [6, 6.07) is 0. The molecule has 0 spiro atoms. The highest BCUT2D eigenvalue weighted by molar-refractivity contribution is 5.22. The van der Waals surface area contributed by atoms with Crippen LogP contribution < -0.4 is 0 Å². The maximum atomic E-state index is 11.6. The van der Waals surface area contributed by atoms with Crippen LogP contribution in [0.4, 0.5) is 13.2 Å². The summed E-state index contributed by atoms with van der Waals surface area (Å²) < 4.78 is 34.8. The zero-order chi connectivity index (χ0) is 9.40. The maximum Gasteiger partial charge on any atom is 0.257 e. The van der Waals surface area contributed by atoms with Crippen molar-refractivity contribution in [3.05, 3.63) is 36.2 Å². The monoisotopic (exact) mass is 176 g/mol. The highest BCUT2D eigenvalue weighted by Gasteiger charge is 1.90. The van der Waals surface area contributed by atoms with Crippen molar-refractivity contribution in [2.45, 2.75) is 19.8 Å². The molecule has 0 aromatic heterocycles. The first kappa shape index (κ1) is 11.0. The van der Waals surface area contributed by atoms with Crippen molar-refractivity contribution in [1.29, 1.82) is 0 Å². The van der Waals surface area contributed by atoms with E-state index in [2.05, 4.69) is 0 Å². The smallest absolute Gasteiger partial charge is 0.216 e. The minimum atomic E-state index is -2.45. The minimum Gasteiger partial charge on any atom is -0.216 e. The number of allylic oxidation sites excluding steroid dienone is 5. The fourth-order valence-electron chi connectivity index (χ4n) is 0.635. The van der Waals surface area contributed by atoms with Crippen molar-refractivity contribution < 1.29 is 13.2 Å². The fourth-order valence-corrected chi connectivity index (χ4v) is 0.635. The van der Waals surface area contributed by atoms with Gasteiger partial charge in [-0.3, -0.25) is 0 Å². The van der Waals surface area contributed by atoms with Crippen LogP contribution in [0.5, 0.6) is 0 Å². The molecule has 0 aromatic carbocycles. The lowest BCUT2D eigenvalue weighted by atomic mass is 10.2. The van der Waals surface area contributed by atoms with Gasteiger partial charge in [0.2, 0.25) is 0 Å². The molecule has 0 amide bonds. The second-order valence-electron chi connectivity index (χ2n) is 2.11. The summed E-state index contributed by atoms with van der Waals surface area (Å²) >= 11 is 0. The summed E-state index contributed by atoms with van der Waals surface area (Å²) in [5, 5.41) is 0. The summed E-state index contributed by atoms with van der Waals surface area (Å²) in [5.74, 6) is 0. The molecular weight excluding hydrogens is 165 g/mol. The van der Waals surface area contributed by atoms with Gasteiger partial charge < -0.3 is 0 Å². The third kappa shape index (κ3) is 5.77. The molecule has 0 aromatic rings. The first-order valence-electron chi connectivity index (χ1n) is 3.63. The second-order valence-corrected chi connectivity index (χ2v) is 2.11. The standard InChI is InChI=1S/C9H11F3/c1-2-8(6-7-10)4-3-5-9(11)12/h3-7,9H,2H2,1H3/b5-3+,7-6-,8-4-. The number of hydrogen-bond acceptors (Lipinski definition) is 0. The van der Waals surface area contributed by atoms with Crippen LogP contribution >= 0.6 is 0 Å². The van der Waals surface area contributed by atoms with E-state index in [0.717, 1.165) is 6.08 Å². The van der Waals surface area contributed by atoms with E-state index in [0.29, 0.717) is 18.3 Å². The lowest BCUT2D eigenvalue weighted by Crippen LogP contribution is -1.79. The van der Waals surface area contributed by atoms with E-state index in [1.165, 1.54) is 18.2 Å². The van der Waals surface area contributed by atoms with Gasteiger partial charge in [-0.05, 0) is 24.1 Å². The van der Waals surface area contributed by atoms with E-state index in [-0.39, 0.29) is 0 Å². The van der Waals surface area contributed by atoms with E-state index >= 15 is 0 Å². The first-order chi connectivity index (χ1) is 5.70. The first-order valence-corrected chi connectivity index (χ1v) is 3.63. The number of hydrogen-bond donors (Lipinski definition) is 0. The average molecular weight is 176 g/mol. The molecule has 12 heavy (non-hydrogen) atoms. The zero-order valence-electron chi connectivity index (χ0n) is 6.81. The van der Waals surface area contributed by atoms with Crippen LogP contribution in [0.15, 0.2) is 36.2 Å². The minimum absolute atomic E-state index is 0.394. The van der Waals surface area contributed by atoms with Crippen molar-refractivity contribution in [2.75, 3.05) is 0 Å². The van der Waals surface area contributed by atoms with Gasteiger partial charge in [-0.25, -0.2) is 13.2 Å². The molecule has 0 heterocycles. The molecule has 0 rings (SSSR count). The van der Waals surface area contributed by atoms with Gasteiger partial charge in [-0.1, -0.05) is 19.1 Å². The second kappa shape index (κ2) is 6.70. The summed E-state index contributed by atoms with van der Waals surface area (Å²) in [6.45, 7) is 1.82. The summed E-state index contributed by atoms with van der Waals surface area (Å²) in [4.78, 5) is 0. The molecule has 0 aliphatic heterocycles. The van der Waals surface area contributed by atoms with Gasteiger partial charge in [0.25, 0.3) is 6.43 Å². The summed E-state index contributed by atoms with van der Waals surface area (Å²) in [5.41, 5.74) is 0.675. The maximum absolute atomic E-state index is 11.6. The topological polar surface area (TPSA) is 0 Å². The SMILES string of the molecule is CCC(/C=C\F)=C/C=C/C(F)F. The molecule has 0 nitrogen and oxygen atoms in total. The van der Waals surface area contributed by atoms with E-state index < -0.39 is 6.43 Å². The molecule has 68 valence electrons. The van der Waals surface area contributed by atoms with Crippen molar-refractivity contribution in [3.63, 3.8) is 0 Å². The third-order valence-corrected chi connectivity index (χ3v) is 1.25. The fraction of sp³-hybridized carbons (Fsp3) is 0.333. The Kier molecular flexibility index (Phi) is 6.15. The predicted molar refractivity (Wildman–Crippen MR) is 43.8 cm³/mol. The van der Waals surface area contributed by atoms with Crippen LogP contribution in [0.25, 0.3) is 0 Å². The Hall–Kier alpha value is -0.990. The Morgan fingerprint density at radius 3 is 2.50 bits per heavy atom. The average Bonchev–Trinajstić information content (AvgIpc) is 2.02. The largest absolute Gasteiger partial charge is 0.257 e. The van der Waals surface area contributed by atoms with E-state index in [9.17, 15) is 13.2 Å². The molecule has 0 N–H and O–H groups in total. The number of halogens is 3. The van der Waals surface area contributed by atoms with Crippen LogP contribution in [-0.2, 0) is 0 Å². The quantitative estimate of drug-likeness (QED) is 0.574. The van der Waals surface area contributed by atoms with E-state index in [1.54, 1.807) is 0 Å². The van der Waals surface area contributed by atoms with Crippen LogP contribution in [0.3, 0.4) is 0 Å². The molecule has 0 bridgehead atoms. The Labute approximate surface area is 70.1 Å². The van der Waals surface area contributed by atoms with Gasteiger partial charge in [-0.2, -0.15) is 0 Å². The van der Waals surface area contributed by atoms with Gasteiger partial charge in [0.1, 0.15) is 0 Å². The van der Waals surface area contributed by atoms with Gasteiger partial charge in [0.15, 0.2) is 0 Å². The molecule has 3 heteroatoms. The highest BCUT2D eigenvalue weighted by atomic mass is 19.3. The molecule has 0 aliphatic carbocycles. The number of alkyl halides is 2. The number of rotatable bonds is 4. The zero-order valence-corrected chi connectivity index (χ0v) is 6.81. The molecule has 0 radical (unpaired) electrons.